The minimum absolute atomic E-state index is 0.376. The summed E-state index contributed by atoms with van der Waals surface area (Å²) in [5.41, 5.74) is 1.95. The van der Waals surface area contributed by atoms with Crippen LogP contribution in [0, 0.1) is 6.92 Å². The largest absolute Gasteiger partial charge is 0.452 e. The van der Waals surface area contributed by atoms with E-state index in [1.807, 2.05) is 0 Å². The molecule has 1 aromatic heterocycles. The number of esters is 1. The van der Waals surface area contributed by atoms with Crippen molar-refractivity contribution in [1.82, 2.24) is 9.78 Å². The van der Waals surface area contributed by atoms with E-state index < -0.39 is 11.9 Å². The molecule has 8 heteroatoms. The molecular formula is C16H15BrClN3O3. The Bertz CT molecular complexity index is 785. The predicted octanol–water partition coefficient (Wildman–Crippen LogP) is 3.34. The third kappa shape index (κ3) is 4.94. The first-order valence-electron chi connectivity index (χ1n) is 6.96. The zero-order valence-corrected chi connectivity index (χ0v) is 15.4. The Morgan fingerprint density at radius 2 is 2.04 bits per heavy atom. The van der Waals surface area contributed by atoms with Gasteiger partial charge in [-0.1, -0.05) is 27.5 Å². The summed E-state index contributed by atoms with van der Waals surface area (Å²) < 4.78 is 7.30. The summed E-state index contributed by atoms with van der Waals surface area (Å²) in [6.45, 7) is 1.40. The van der Waals surface area contributed by atoms with Crippen LogP contribution in [-0.4, -0.2) is 28.3 Å². The maximum Gasteiger partial charge on any atom is 0.331 e. The number of carbonyl (C=O) groups is 2. The summed E-state index contributed by atoms with van der Waals surface area (Å²) in [6, 6.07) is 7.06. The first-order chi connectivity index (χ1) is 11.4. The molecule has 0 bridgehead atoms. The number of nitrogens with zero attached hydrogens (tertiary/aromatic N) is 2. The Balaban J connectivity index is 1.85. The standard InChI is InChI=1S/C16H15BrClN3O3/c1-10-13(16(18)21(2)20-10)7-8-15(23)24-9-14(22)19-12-5-3-11(17)4-6-12/h3-8H,9H2,1-2H3,(H,19,22)/b8-7+. The SMILES string of the molecule is Cc1nn(C)c(Cl)c1/C=C/C(=O)OCC(=O)Nc1ccc(Br)cc1. The van der Waals surface area contributed by atoms with Crippen LogP contribution in [0.4, 0.5) is 5.69 Å². The van der Waals surface area contributed by atoms with Crippen LogP contribution in [0.3, 0.4) is 0 Å². The van der Waals surface area contributed by atoms with E-state index >= 15 is 0 Å². The smallest absolute Gasteiger partial charge is 0.331 e. The van der Waals surface area contributed by atoms with Crippen molar-refractivity contribution in [2.45, 2.75) is 6.92 Å². The van der Waals surface area contributed by atoms with Gasteiger partial charge in [0.25, 0.3) is 5.91 Å². The number of ether oxygens (including phenoxy) is 1. The molecule has 0 atom stereocenters. The number of benzene rings is 1. The van der Waals surface area contributed by atoms with Gasteiger partial charge in [-0.2, -0.15) is 5.10 Å². The molecule has 0 saturated carbocycles. The van der Waals surface area contributed by atoms with Crippen molar-refractivity contribution in [3.63, 3.8) is 0 Å². The third-order valence-corrected chi connectivity index (χ3v) is 4.03. The lowest BCUT2D eigenvalue weighted by molar-refractivity contribution is -0.142. The second kappa shape index (κ2) is 8.12. The van der Waals surface area contributed by atoms with Crippen molar-refractivity contribution < 1.29 is 14.3 Å². The third-order valence-electron chi connectivity index (χ3n) is 3.06. The molecule has 0 aliphatic rings. The summed E-state index contributed by atoms with van der Waals surface area (Å²) >= 11 is 9.36. The molecule has 0 aliphatic carbocycles. The minimum Gasteiger partial charge on any atom is -0.452 e. The second-order valence-corrected chi connectivity index (χ2v) is 6.18. The van der Waals surface area contributed by atoms with Crippen molar-refractivity contribution in [1.29, 1.82) is 0 Å². The van der Waals surface area contributed by atoms with Crippen molar-refractivity contribution in [3.8, 4) is 0 Å². The van der Waals surface area contributed by atoms with Gasteiger partial charge >= 0.3 is 5.97 Å². The van der Waals surface area contributed by atoms with E-state index in [2.05, 4.69) is 26.3 Å². The number of aromatic nitrogens is 2. The number of halogens is 2. The van der Waals surface area contributed by atoms with Crippen molar-refractivity contribution in [2.75, 3.05) is 11.9 Å². The molecule has 0 unspecified atom stereocenters. The number of hydrogen-bond donors (Lipinski definition) is 1. The van der Waals surface area contributed by atoms with Crippen LogP contribution in [0.2, 0.25) is 5.15 Å². The van der Waals surface area contributed by atoms with Crippen molar-refractivity contribution in [2.24, 2.45) is 7.05 Å². The van der Waals surface area contributed by atoms with Gasteiger partial charge in [-0.15, -0.1) is 0 Å². The predicted molar refractivity (Wildman–Crippen MR) is 95.7 cm³/mol. The van der Waals surface area contributed by atoms with Gasteiger partial charge in [-0.05, 0) is 37.3 Å². The monoisotopic (exact) mass is 411 g/mol. The maximum absolute atomic E-state index is 11.7. The van der Waals surface area contributed by atoms with Crippen LogP contribution < -0.4 is 5.32 Å². The molecule has 1 amide bonds. The Kier molecular flexibility index (Phi) is 6.16. The summed E-state index contributed by atoms with van der Waals surface area (Å²) in [4.78, 5) is 23.4. The molecule has 126 valence electrons. The van der Waals surface area contributed by atoms with E-state index in [1.165, 1.54) is 16.8 Å². The molecule has 1 aromatic carbocycles. The Morgan fingerprint density at radius 1 is 1.38 bits per heavy atom. The summed E-state index contributed by atoms with van der Waals surface area (Å²) in [5, 5.41) is 7.17. The molecule has 1 N–H and O–H groups in total. The summed E-state index contributed by atoms with van der Waals surface area (Å²) in [5.74, 6) is -1.06. The van der Waals surface area contributed by atoms with Crippen LogP contribution in [0.1, 0.15) is 11.3 Å². The van der Waals surface area contributed by atoms with E-state index in [1.54, 1.807) is 38.2 Å². The number of amides is 1. The average Bonchev–Trinajstić information content (AvgIpc) is 2.78. The quantitative estimate of drug-likeness (QED) is 0.604. The first kappa shape index (κ1) is 18.2. The highest BCUT2D eigenvalue weighted by Gasteiger charge is 2.09. The topological polar surface area (TPSA) is 73.2 Å². The lowest BCUT2D eigenvalue weighted by Crippen LogP contribution is -2.20. The number of hydrogen-bond acceptors (Lipinski definition) is 4. The van der Waals surface area contributed by atoms with Gasteiger partial charge in [-0.25, -0.2) is 4.79 Å². The minimum atomic E-state index is -0.639. The number of aryl methyl sites for hydroxylation is 2. The van der Waals surface area contributed by atoms with Gasteiger partial charge in [0.2, 0.25) is 0 Å². The van der Waals surface area contributed by atoms with Gasteiger partial charge < -0.3 is 10.1 Å². The molecule has 0 radical (unpaired) electrons. The molecule has 24 heavy (non-hydrogen) atoms. The van der Waals surface area contributed by atoms with Gasteiger partial charge in [0.1, 0.15) is 5.15 Å². The summed E-state index contributed by atoms with van der Waals surface area (Å²) in [7, 11) is 1.71. The van der Waals surface area contributed by atoms with E-state index in [0.717, 1.165) is 4.47 Å². The Labute approximate surface area is 152 Å². The van der Waals surface area contributed by atoms with Gasteiger partial charge in [-0.3, -0.25) is 9.48 Å². The summed E-state index contributed by atoms with van der Waals surface area (Å²) in [6.07, 6.45) is 2.72. The molecule has 0 saturated heterocycles. The zero-order valence-electron chi connectivity index (χ0n) is 13.0. The molecule has 0 spiro atoms. The van der Waals surface area contributed by atoms with E-state index in [-0.39, 0.29) is 6.61 Å². The van der Waals surface area contributed by atoms with Crippen LogP contribution in [0.15, 0.2) is 34.8 Å². The number of carbonyl (C=O) groups excluding carboxylic acids is 2. The highest BCUT2D eigenvalue weighted by molar-refractivity contribution is 9.10. The van der Waals surface area contributed by atoms with Gasteiger partial charge in [0, 0.05) is 28.8 Å². The highest BCUT2D eigenvalue weighted by Crippen LogP contribution is 2.20. The number of rotatable bonds is 5. The molecule has 0 fully saturated rings. The molecule has 6 nitrogen and oxygen atoms in total. The fourth-order valence-electron chi connectivity index (χ4n) is 1.90. The number of anilines is 1. The van der Waals surface area contributed by atoms with Crippen molar-refractivity contribution >= 4 is 51.2 Å². The second-order valence-electron chi connectivity index (χ2n) is 4.91. The first-order valence-corrected chi connectivity index (χ1v) is 8.13. The molecule has 0 aliphatic heterocycles. The lowest BCUT2D eigenvalue weighted by atomic mass is 10.2. The molecular weight excluding hydrogens is 398 g/mol. The van der Waals surface area contributed by atoms with Crippen LogP contribution in [-0.2, 0) is 21.4 Å². The van der Waals surface area contributed by atoms with Gasteiger partial charge in [0.05, 0.1) is 5.69 Å². The van der Waals surface area contributed by atoms with Crippen LogP contribution in [0.5, 0.6) is 0 Å². The van der Waals surface area contributed by atoms with E-state index in [4.69, 9.17) is 16.3 Å². The Hall–Kier alpha value is -2.12. The fourth-order valence-corrected chi connectivity index (χ4v) is 2.40. The fraction of sp³-hybridized carbons (Fsp3) is 0.188. The lowest BCUT2D eigenvalue weighted by Gasteiger charge is -2.05. The van der Waals surface area contributed by atoms with Crippen molar-refractivity contribution in [3.05, 3.63) is 51.2 Å². The highest BCUT2D eigenvalue weighted by atomic mass is 79.9. The van der Waals surface area contributed by atoms with E-state index in [0.29, 0.717) is 22.1 Å². The number of nitrogens with one attached hydrogen (secondary N) is 1. The van der Waals surface area contributed by atoms with Crippen LogP contribution in [0.25, 0.3) is 6.08 Å². The normalized spacial score (nSPS) is 10.8. The maximum atomic E-state index is 11.7. The zero-order chi connectivity index (χ0) is 17.7. The molecule has 1 heterocycles. The molecule has 2 rings (SSSR count). The van der Waals surface area contributed by atoms with Gasteiger partial charge in [0.15, 0.2) is 6.61 Å². The van der Waals surface area contributed by atoms with E-state index in [9.17, 15) is 9.59 Å². The average molecular weight is 413 g/mol. The Morgan fingerprint density at radius 3 is 2.62 bits per heavy atom. The van der Waals surface area contributed by atoms with Crippen LogP contribution >= 0.6 is 27.5 Å². The molecule has 2 aromatic rings.